The number of carboxylic acids is 1. The third kappa shape index (κ3) is 3.12. The van der Waals surface area contributed by atoms with Crippen molar-refractivity contribution in [1.82, 2.24) is 0 Å². The average molecular weight is 270 g/mol. The van der Waals surface area contributed by atoms with Gasteiger partial charge in [0, 0.05) is 0 Å². The van der Waals surface area contributed by atoms with Gasteiger partial charge in [0.05, 0.1) is 5.57 Å². The van der Waals surface area contributed by atoms with Gasteiger partial charge in [-0.2, -0.15) is 0 Å². The van der Waals surface area contributed by atoms with E-state index in [0.717, 1.165) is 11.1 Å². The zero-order chi connectivity index (χ0) is 14.7. The van der Waals surface area contributed by atoms with Crippen LogP contribution in [0.25, 0.3) is 11.6 Å². The molecule has 2 nitrogen and oxygen atoms in total. The van der Waals surface area contributed by atoms with Crippen LogP contribution in [0.1, 0.15) is 22.3 Å². The van der Waals surface area contributed by atoms with Crippen LogP contribution < -0.4 is 0 Å². The first-order chi connectivity index (χ1) is 9.47. The smallest absolute Gasteiger partial charge is 0.336 e. The molecule has 0 aromatic heterocycles. The summed E-state index contributed by atoms with van der Waals surface area (Å²) in [6, 6.07) is 11.5. The van der Waals surface area contributed by atoms with Crippen molar-refractivity contribution < 1.29 is 14.3 Å². The summed E-state index contributed by atoms with van der Waals surface area (Å²) in [5.74, 6) is -1.41. The van der Waals surface area contributed by atoms with Gasteiger partial charge >= 0.3 is 5.97 Å². The van der Waals surface area contributed by atoms with Crippen molar-refractivity contribution in [3.05, 3.63) is 70.5 Å². The first-order valence-electron chi connectivity index (χ1n) is 6.25. The second-order valence-corrected chi connectivity index (χ2v) is 4.74. The molecule has 2 aromatic carbocycles. The molecule has 0 atom stereocenters. The van der Waals surface area contributed by atoms with E-state index < -0.39 is 5.97 Å². The molecule has 2 aromatic rings. The van der Waals surface area contributed by atoms with Crippen molar-refractivity contribution in [2.24, 2.45) is 0 Å². The van der Waals surface area contributed by atoms with E-state index in [4.69, 9.17) is 0 Å². The van der Waals surface area contributed by atoms with Gasteiger partial charge in [0.1, 0.15) is 5.82 Å². The number of rotatable bonds is 3. The molecular weight excluding hydrogens is 255 g/mol. The third-order valence-corrected chi connectivity index (χ3v) is 3.06. The second-order valence-electron chi connectivity index (χ2n) is 4.74. The molecule has 0 aliphatic heterocycles. The van der Waals surface area contributed by atoms with Gasteiger partial charge < -0.3 is 5.11 Å². The fraction of sp³-hybridized carbons (Fsp3) is 0.118. The van der Waals surface area contributed by atoms with Crippen molar-refractivity contribution in [2.75, 3.05) is 0 Å². The molecule has 0 bridgehead atoms. The van der Waals surface area contributed by atoms with Crippen molar-refractivity contribution >= 4 is 17.6 Å². The van der Waals surface area contributed by atoms with Gasteiger partial charge in [0.2, 0.25) is 0 Å². The number of halogens is 1. The fourth-order valence-corrected chi connectivity index (χ4v) is 2.13. The zero-order valence-corrected chi connectivity index (χ0v) is 11.4. The first kappa shape index (κ1) is 14.0. The zero-order valence-electron chi connectivity index (χ0n) is 11.4. The van der Waals surface area contributed by atoms with Crippen LogP contribution in [-0.4, -0.2) is 11.1 Å². The van der Waals surface area contributed by atoms with Crippen molar-refractivity contribution in [2.45, 2.75) is 13.8 Å². The van der Waals surface area contributed by atoms with Crippen molar-refractivity contribution in [1.29, 1.82) is 0 Å². The number of aryl methyl sites for hydroxylation is 2. The predicted octanol–water partition coefficient (Wildman–Crippen LogP) is 4.07. The van der Waals surface area contributed by atoms with E-state index >= 15 is 0 Å². The summed E-state index contributed by atoms with van der Waals surface area (Å²) in [6.07, 6.45) is 1.49. The molecule has 0 fully saturated rings. The molecule has 0 radical (unpaired) electrons. The number of benzene rings is 2. The molecule has 0 amide bonds. The summed E-state index contributed by atoms with van der Waals surface area (Å²) in [6.45, 7) is 3.82. The lowest BCUT2D eigenvalue weighted by Crippen LogP contribution is -2.02. The highest BCUT2D eigenvalue weighted by atomic mass is 19.1. The van der Waals surface area contributed by atoms with Crippen LogP contribution in [0.15, 0.2) is 42.5 Å². The van der Waals surface area contributed by atoms with Crippen LogP contribution in [0.5, 0.6) is 0 Å². The molecule has 0 aliphatic rings. The highest BCUT2D eigenvalue weighted by Gasteiger charge is 2.13. The minimum atomic E-state index is -1.03. The Morgan fingerprint density at radius 3 is 2.50 bits per heavy atom. The molecule has 0 saturated carbocycles. The Balaban J connectivity index is 2.54. The van der Waals surface area contributed by atoms with Gasteiger partial charge in [0.25, 0.3) is 0 Å². The molecule has 2 rings (SSSR count). The van der Waals surface area contributed by atoms with Crippen molar-refractivity contribution in [3.8, 4) is 0 Å². The SMILES string of the molecule is Cc1ccc(/C(=C/c2cccc(F)c2)C(=O)O)c(C)c1. The summed E-state index contributed by atoms with van der Waals surface area (Å²) in [5, 5.41) is 9.39. The fourth-order valence-electron chi connectivity index (χ4n) is 2.13. The van der Waals surface area contributed by atoms with E-state index in [1.807, 2.05) is 26.0 Å². The van der Waals surface area contributed by atoms with Crippen LogP contribution in [0.4, 0.5) is 4.39 Å². The van der Waals surface area contributed by atoms with Gasteiger partial charge in [-0.1, -0.05) is 35.9 Å². The molecular formula is C17H15FO2. The lowest BCUT2D eigenvalue weighted by molar-refractivity contribution is -0.130. The van der Waals surface area contributed by atoms with Gasteiger partial charge in [0.15, 0.2) is 0 Å². The molecule has 0 saturated heterocycles. The molecule has 102 valence electrons. The van der Waals surface area contributed by atoms with Gasteiger partial charge in [-0.3, -0.25) is 0 Å². The molecule has 0 unspecified atom stereocenters. The third-order valence-electron chi connectivity index (χ3n) is 3.06. The maximum absolute atomic E-state index is 13.2. The van der Waals surface area contributed by atoms with Crippen LogP contribution in [-0.2, 0) is 4.79 Å². The van der Waals surface area contributed by atoms with E-state index in [1.54, 1.807) is 18.2 Å². The maximum Gasteiger partial charge on any atom is 0.336 e. The van der Waals surface area contributed by atoms with Crippen LogP contribution >= 0.6 is 0 Å². The van der Waals surface area contributed by atoms with E-state index in [0.29, 0.717) is 11.1 Å². The quantitative estimate of drug-likeness (QED) is 0.674. The number of carboxylic acid groups (broad SMARTS) is 1. The molecule has 0 aliphatic carbocycles. The van der Waals surface area contributed by atoms with Crippen LogP contribution in [0.2, 0.25) is 0 Å². The Morgan fingerprint density at radius 2 is 1.90 bits per heavy atom. The minimum Gasteiger partial charge on any atom is -0.478 e. The Hall–Kier alpha value is -2.42. The van der Waals surface area contributed by atoms with Crippen molar-refractivity contribution in [3.63, 3.8) is 0 Å². The van der Waals surface area contributed by atoms with Crippen LogP contribution in [0, 0.1) is 19.7 Å². The minimum absolute atomic E-state index is 0.160. The Morgan fingerprint density at radius 1 is 1.15 bits per heavy atom. The van der Waals surface area contributed by atoms with Gasteiger partial charge in [-0.05, 0) is 48.7 Å². The number of hydrogen-bond acceptors (Lipinski definition) is 1. The second kappa shape index (κ2) is 5.70. The summed E-state index contributed by atoms with van der Waals surface area (Å²) in [7, 11) is 0. The topological polar surface area (TPSA) is 37.3 Å². The standard InChI is InChI=1S/C17H15FO2/c1-11-6-7-15(12(2)8-11)16(17(19)20)10-13-4-3-5-14(18)9-13/h3-10H,1-2H3,(H,19,20)/b16-10-. The Labute approximate surface area is 117 Å². The Kier molecular flexibility index (Phi) is 3.99. The summed E-state index contributed by atoms with van der Waals surface area (Å²) in [4.78, 5) is 11.5. The molecule has 0 heterocycles. The molecule has 0 spiro atoms. The highest BCUT2D eigenvalue weighted by Crippen LogP contribution is 2.23. The monoisotopic (exact) mass is 270 g/mol. The summed E-state index contributed by atoms with van der Waals surface area (Å²) < 4.78 is 13.2. The van der Waals surface area contributed by atoms with E-state index in [1.165, 1.54) is 18.2 Å². The lowest BCUT2D eigenvalue weighted by Gasteiger charge is -2.08. The van der Waals surface area contributed by atoms with E-state index in [-0.39, 0.29) is 11.4 Å². The molecule has 3 heteroatoms. The normalized spacial score (nSPS) is 11.4. The van der Waals surface area contributed by atoms with E-state index in [2.05, 4.69) is 0 Å². The Bertz CT molecular complexity index is 687. The lowest BCUT2D eigenvalue weighted by atomic mass is 9.97. The summed E-state index contributed by atoms with van der Waals surface area (Å²) in [5.41, 5.74) is 3.29. The average Bonchev–Trinajstić information content (AvgIpc) is 2.36. The van der Waals surface area contributed by atoms with Gasteiger partial charge in [-0.25, -0.2) is 9.18 Å². The van der Waals surface area contributed by atoms with Crippen LogP contribution in [0.3, 0.4) is 0 Å². The van der Waals surface area contributed by atoms with E-state index in [9.17, 15) is 14.3 Å². The number of carbonyl (C=O) groups is 1. The maximum atomic E-state index is 13.2. The van der Waals surface area contributed by atoms with Gasteiger partial charge in [-0.15, -0.1) is 0 Å². The highest BCUT2D eigenvalue weighted by molar-refractivity contribution is 6.21. The predicted molar refractivity (Wildman–Crippen MR) is 77.8 cm³/mol. The first-order valence-corrected chi connectivity index (χ1v) is 6.25. The molecule has 20 heavy (non-hydrogen) atoms. The number of hydrogen-bond donors (Lipinski definition) is 1. The summed E-state index contributed by atoms with van der Waals surface area (Å²) >= 11 is 0. The number of aliphatic carboxylic acids is 1. The largest absolute Gasteiger partial charge is 0.478 e. The molecule has 1 N–H and O–H groups in total.